The highest BCUT2D eigenvalue weighted by Gasteiger charge is 2.02. The van der Waals surface area contributed by atoms with Crippen LogP contribution in [0.1, 0.15) is 39.0 Å². The summed E-state index contributed by atoms with van der Waals surface area (Å²) in [6.45, 7) is 2.92. The van der Waals surface area contributed by atoms with Crippen LogP contribution in [0.4, 0.5) is 0 Å². The van der Waals surface area contributed by atoms with E-state index in [0.29, 0.717) is 6.42 Å². The molecule has 0 radical (unpaired) electrons. The second-order valence-corrected chi connectivity index (χ2v) is 3.04. The highest BCUT2D eigenvalue weighted by atomic mass is 14.9. The summed E-state index contributed by atoms with van der Waals surface area (Å²) in [4.78, 5) is 0. The maximum absolute atomic E-state index is 8.69. The predicted octanol–water partition coefficient (Wildman–Crippen LogP) is 1.96. The van der Waals surface area contributed by atoms with E-state index < -0.39 is 0 Å². The molecule has 3 heteroatoms. The lowest BCUT2D eigenvalue weighted by atomic mass is 10.2. The van der Waals surface area contributed by atoms with E-state index in [2.05, 4.69) is 24.4 Å². The molecule has 0 aliphatic carbocycles. The molecule has 0 aromatic rings. The summed E-state index contributed by atoms with van der Waals surface area (Å²) in [7, 11) is 0. The highest BCUT2D eigenvalue weighted by molar-refractivity contribution is 4.88. The number of rotatable bonds is 7. The number of hydrogen-bond donors (Lipinski definition) is 1. The minimum Gasteiger partial charge on any atom is -0.302 e. The Kier molecular flexibility index (Phi) is 8.30. The third-order valence-corrected chi connectivity index (χ3v) is 1.84. The summed E-state index contributed by atoms with van der Waals surface area (Å²) in [6, 6.07) is 4.31. The van der Waals surface area contributed by atoms with Gasteiger partial charge in [0.2, 0.25) is 0 Å². The van der Waals surface area contributed by atoms with Gasteiger partial charge in [-0.2, -0.15) is 10.5 Å². The minimum atomic E-state index is -0.00733. The average molecular weight is 179 g/mol. The van der Waals surface area contributed by atoms with Crippen LogP contribution in [0.2, 0.25) is 0 Å². The molecule has 0 aromatic carbocycles. The number of unbranched alkanes of at least 4 members (excludes halogenated alkanes) is 2. The molecular formula is C10H17N3. The van der Waals surface area contributed by atoms with Gasteiger partial charge in [-0.1, -0.05) is 13.3 Å². The molecule has 0 spiro atoms. The Morgan fingerprint density at radius 3 is 2.62 bits per heavy atom. The fraction of sp³-hybridized carbons (Fsp3) is 0.800. The maximum Gasteiger partial charge on any atom is 0.0952 e. The van der Waals surface area contributed by atoms with Gasteiger partial charge in [-0.25, -0.2) is 0 Å². The summed E-state index contributed by atoms with van der Waals surface area (Å²) in [5, 5.41) is 20.1. The van der Waals surface area contributed by atoms with Gasteiger partial charge in [-0.3, -0.25) is 0 Å². The summed E-state index contributed by atoms with van der Waals surface area (Å²) in [5.74, 6) is 0. The van der Waals surface area contributed by atoms with E-state index in [1.165, 1.54) is 0 Å². The molecule has 0 saturated heterocycles. The van der Waals surface area contributed by atoms with Crippen molar-refractivity contribution in [2.24, 2.45) is 0 Å². The molecule has 1 N–H and O–H groups in total. The largest absolute Gasteiger partial charge is 0.302 e. The summed E-state index contributed by atoms with van der Waals surface area (Å²) < 4.78 is 0. The number of nitrogens with one attached hydrogen (secondary N) is 1. The van der Waals surface area contributed by atoms with Crippen molar-refractivity contribution < 1.29 is 0 Å². The first-order valence-corrected chi connectivity index (χ1v) is 4.85. The normalized spacial score (nSPS) is 11.6. The van der Waals surface area contributed by atoms with Gasteiger partial charge in [0.25, 0.3) is 0 Å². The van der Waals surface area contributed by atoms with Crippen LogP contribution in [0.5, 0.6) is 0 Å². The van der Waals surface area contributed by atoms with Crippen LogP contribution in [0.15, 0.2) is 0 Å². The molecule has 0 aliphatic heterocycles. The van der Waals surface area contributed by atoms with Crippen molar-refractivity contribution in [2.45, 2.75) is 45.1 Å². The third kappa shape index (κ3) is 7.31. The molecule has 0 aliphatic rings. The van der Waals surface area contributed by atoms with Gasteiger partial charge in [0.15, 0.2) is 0 Å². The van der Waals surface area contributed by atoms with Crippen LogP contribution in [-0.4, -0.2) is 12.6 Å². The lowest BCUT2D eigenvalue weighted by Gasteiger charge is -2.08. The molecule has 72 valence electrons. The molecule has 0 bridgehead atoms. The molecule has 3 nitrogen and oxygen atoms in total. The van der Waals surface area contributed by atoms with E-state index in [9.17, 15) is 0 Å². The van der Waals surface area contributed by atoms with Gasteiger partial charge in [-0.05, 0) is 25.8 Å². The van der Waals surface area contributed by atoms with Crippen molar-refractivity contribution >= 4 is 0 Å². The standard InChI is InChI=1S/C10H17N3/c1-2-6-10(9-12)13-8-5-3-4-7-11/h10,13H,2-6,8H2,1H3. The van der Waals surface area contributed by atoms with E-state index in [-0.39, 0.29) is 6.04 Å². The molecule has 0 fully saturated rings. The highest BCUT2D eigenvalue weighted by Crippen LogP contribution is 1.96. The molecule has 0 heterocycles. The quantitative estimate of drug-likeness (QED) is 0.608. The molecule has 13 heavy (non-hydrogen) atoms. The first-order valence-electron chi connectivity index (χ1n) is 4.85. The average Bonchev–Trinajstić information content (AvgIpc) is 2.16. The Balaban J connectivity index is 3.30. The number of nitrogens with zero attached hydrogens (tertiary/aromatic N) is 2. The number of hydrogen-bond acceptors (Lipinski definition) is 3. The lowest BCUT2D eigenvalue weighted by Crippen LogP contribution is -2.28. The Hall–Kier alpha value is -1.06. The number of nitriles is 2. The van der Waals surface area contributed by atoms with E-state index in [1.54, 1.807) is 0 Å². The van der Waals surface area contributed by atoms with Gasteiger partial charge in [0.1, 0.15) is 0 Å². The monoisotopic (exact) mass is 179 g/mol. The van der Waals surface area contributed by atoms with Gasteiger partial charge < -0.3 is 5.32 Å². The zero-order valence-electron chi connectivity index (χ0n) is 8.21. The van der Waals surface area contributed by atoms with Gasteiger partial charge in [-0.15, -0.1) is 0 Å². The zero-order valence-corrected chi connectivity index (χ0v) is 8.21. The van der Waals surface area contributed by atoms with Crippen molar-refractivity contribution in [3.05, 3.63) is 0 Å². The smallest absolute Gasteiger partial charge is 0.0952 e. The Morgan fingerprint density at radius 1 is 1.31 bits per heavy atom. The summed E-state index contributed by atoms with van der Waals surface area (Å²) in [6.07, 6.45) is 4.47. The van der Waals surface area contributed by atoms with Crippen LogP contribution in [0.3, 0.4) is 0 Å². The second kappa shape index (κ2) is 9.03. The van der Waals surface area contributed by atoms with Crippen LogP contribution in [-0.2, 0) is 0 Å². The first kappa shape index (κ1) is 11.9. The van der Waals surface area contributed by atoms with E-state index >= 15 is 0 Å². The lowest BCUT2D eigenvalue weighted by molar-refractivity contribution is 0.539. The third-order valence-electron chi connectivity index (χ3n) is 1.84. The Labute approximate surface area is 80.4 Å². The summed E-state index contributed by atoms with van der Waals surface area (Å²) in [5.41, 5.74) is 0. The topological polar surface area (TPSA) is 59.6 Å². The molecular weight excluding hydrogens is 162 g/mol. The van der Waals surface area contributed by atoms with Gasteiger partial charge in [0, 0.05) is 6.42 Å². The SMILES string of the molecule is CCCC(C#N)NCCCCC#N. The van der Waals surface area contributed by atoms with E-state index in [0.717, 1.165) is 32.2 Å². The first-order chi connectivity index (χ1) is 6.35. The van der Waals surface area contributed by atoms with Crippen molar-refractivity contribution in [1.29, 1.82) is 10.5 Å². The van der Waals surface area contributed by atoms with Crippen LogP contribution in [0, 0.1) is 22.7 Å². The van der Waals surface area contributed by atoms with Crippen LogP contribution in [0.25, 0.3) is 0 Å². The summed E-state index contributed by atoms with van der Waals surface area (Å²) >= 11 is 0. The van der Waals surface area contributed by atoms with Crippen LogP contribution < -0.4 is 5.32 Å². The van der Waals surface area contributed by atoms with Crippen molar-refractivity contribution in [3.8, 4) is 12.1 Å². The predicted molar refractivity (Wildman–Crippen MR) is 51.8 cm³/mol. The molecule has 1 unspecified atom stereocenters. The van der Waals surface area contributed by atoms with Gasteiger partial charge in [0.05, 0.1) is 18.2 Å². The Bertz CT molecular complexity index is 187. The molecule has 0 rings (SSSR count). The molecule has 1 atom stereocenters. The molecule has 0 amide bonds. The maximum atomic E-state index is 8.69. The van der Waals surface area contributed by atoms with E-state index in [4.69, 9.17) is 10.5 Å². The van der Waals surface area contributed by atoms with Crippen molar-refractivity contribution in [3.63, 3.8) is 0 Å². The molecule has 0 saturated carbocycles. The fourth-order valence-corrected chi connectivity index (χ4v) is 1.11. The van der Waals surface area contributed by atoms with E-state index in [1.807, 2.05) is 0 Å². The zero-order chi connectivity index (χ0) is 9.94. The van der Waals surface area contributed by atoms with Crippen molar-refractivity contribution in [2.75, 3.05) is 6.54 Å². The fourth-order valence-electron chi connectivity index (χ4n) is 1.11. The second-order valence-electron chi connectivity index (χ2n) is 3.04. The van der Waals surface area contributed by atoms with Crippen LogP contribution >= 0.6 is 0 Å². The Morgan fingerprint density at radius 2 is 2.08 bits per heavy atom. The molecule has 0 aromatic heterocycles. The van der Waals surface area contributed by atoms with Crippen molar-refractivity contribution in [1.82, 2.24) is 5.32 Å². The van der Waals surface area contributed by atoms with Gasteiger partial charge >= 0.3 is 0 Å². The minimum absolute atomic E-state index is 0.00733.